The van der Waals surface area contributed by atoms with E-state index < -0.39 is 38.8 Å². The first-order valence-corrected chi connectivity index (χ1v) is 11.2. The van der Waals surface area contributed by atoms with Crippen molar-refractivity contribution in [1.29, 1.82) is 0 Å². The number of fused-ring (bicyclic) bond motifs is 1. The van der Waals surface area contributed by atoms with Gasteiger partial charge in [0, 0.05) is 23.7 Å². The van der Waals surface area contributed by atoms with Crippen LogP contribution in [-0.4, -0.2) is 58.0 Å². The van der Waals surface area contributed by atoms with E-state index in [2.05, 4.69) is 0 Å². The van der Waals surface area contributed by atoms with Gasteiger partial charge in [-0.15, -0.1) is 0 Å². The van der Waals surface area contributed by atoms with Crippen molar-refractivity contribution in [2.75, 3.05) is 32.8 Å². The largest absolute Gasteiger partial charge is 0.454 e. The Bertz CT molecular complexity index is 881. The van der Waals surface area contributed by atoms with E-state index >= 15 is 0 Å². The predicted molar refractivity (Wildman–Crippen MR) is 98.9 cm³/mol. The van der Waals surface area contributed by atoms with Crippen LogP contribution in [0.3, 0.4) is 0 Å². The quantitative estimate of drug-likeness (QED) is 0.377. The van der Waals surface area contributed by atoms with Crippen LogP contribution in [0.2, 0.25) is 0 Å². The minimum Gasteiger partial charge on any atom is -0.454 e. The lowest BCUT2D eigenvalue weighted by molar-refractivity contribution is -0.485. The van der Waals surface area contributed by atoms with Crippen molar-refractivity contribution in [2.45, 2.75) is 37.1 Å². The third-order valence-electron chi connectivity index (χ3n) is 5.63. The van der Waals surface area contributed by atoms with Crippen LogP contribution in [0.25, 0.3) is 0 Å². The van der Waals surface area contributed by atoms with Crippen molar-refractivity contribution in [2.24, 2.45) is 5.92 Å². The molecule has 0 N–H and O–H groups in total. The van der Waals surface area contributed by atoms with Gasteiger partial charge in [0.1, 0.15) is 0 Å². The Hall–Kier alpha value is -1.95. The molecule has 0 unspecified atom stereocenters. The molecule has 2 aliphatic heterocycles. The predicted octanol–water partition coefficient (Wildman–Crippen LogP) is 1.66. The zero-order chi connectivity index (χ0) is 20.6. The number of hydrogen-bond acceptors (Lipinski definition) is 9. The van der Waals surface area contributed by atoms with E-state index in [1.165, 1.54) is 0 Å². The fourth-order valence-corrected chi connectivity index (χ4v) is 5.15. The molecule has 160 valence electrons. The standard InChI is InChI=1S/C18H23NO9S/c1-29(22,23)28-15-4-5-18(26-6-7-27-18)9-13(15)14(10-19(20)21)12-2-3-16-17(8-12)25-11-24-16/h2-3,8,13-15H,4-7,9-11H2,1H3/t13-,14-,15+/m0/s1. The van der Waals surface area contributed by atoms with Crippen molar-refractivity contribution in [3.63, 3.8) is 0 Å². The van der Waals surface area contributed by atoms with Crippen LogP contribution in [0.1, 0.15) is 30.7 Å². The summed E-state index contributed by atoms with van der Waals surface area (Å²) in [5.41, 5.74) is 0.660. The highest BCUT2D eigenvalue weighted by molar-refractivity contribution is 7.86. The highest BCUT2D eigenvalue weighted by Crippen LogP contribution is 2.47. The SMILES string of the molecule is CS(=O)(=O)O[C@@H]1CCC2(C[C@H]1[C@@H](C[N+](=O)[O-])c1ccc3c(c1)OCO3)OCCO2. The molecule has 2 fully saturated rings. The number of rotatable bonds is 6. The van der Waals surface area contributed by atoms with Gasteiger partial charge in [0.2, 0.25) is 13.3 Å². The summed E-state index contributed by atoms with van der Waals surface area (Å²) in [6.45, 7) is 0.583. The molecule has 1 saturated heterocycles. The Morgan fingerprint density at radius 3 is 2.69 bits per heavy atom. The summed E-state index contributed by atoms with van der Waals surface area (Å²) in [5, 5.41) is 11.5. The van der Waals surface area contributed by atoms with Gasteiger partial charge in [-0.3, -0.25) is 14.3 Å². The third-order valence-corrected chi connectivity index (χ3v) is 6.23. The minimum atomic E-state index is -3.74. The molecule has 2 heterocycles. The summed E-state index contributed by atoms with van der Waals surface area (Å²) in [5.74, 6) is -0.887. The Balaban J connectivity index is 1.70. The zero-order valence-corrected chi connectivity index (χ0v) is 16.8. The molecule has 0 bridgehead atoms. The molecule has 0 amide bonds. The number of benzene rings is 1. The van der Waals surface area contributed by atoms with E-state index in [1.807, 2.05) is 0 Å². The second kappa shape index (κ2) is 7.71. The minimum absolute atomic E-state index is 0.0900. The second-order valence-corrected chi connectivity index (χ2v) is 9.19. The zero-order valence-electron chi connectivity index (χ0n) is 15.9. The van der Waals surface area contributed by atoms with Gasteiger partial charge in [0.25, 0.3) is 10.1 Å². The summed E-state index contributed by atoms with van der Waals surface area (Å²) in [6.07, 6.45) is 1.41. The molecule has 1 spiro atoms. The summed E-state index contributed by atoms with van der Waals surface area (Å²) in [7, 11) is -3.74. The molecule has 11 heteroatoms. The molecule has 0 aromatic heterocycles. The van der Waals surface area contributed by atoms with Crippen LogP contribution in [0.15, 0.2) is 18.2 Å². The topological polar surface area (TPSA) is 123 Å². The lowest BCUT2D eigenvalue weighted by Crippen LogP contribution is -2.47. The Kier molecular flexibility index (Phi) is 5.40. The summed E-state index contributed by atoms with van der Waals surface area (Å²) in [6, 6.07) is 5.17. The lowest BCUT2D eigenvalue weighted by Gasteiger charge is -2.42. The van der Waals surface area contributed by atoms with E-state index in [0.717, 1.165) is 6.26 Å². The van der Waals surface area contributed by atoms with E-state index in [4.69, 9.17) is 23.1 Å². The van der Waals surface area contributed by atoms with Crippen molar-refractivity contribution < 1.29 is 36.5 Å². The third kappa shape index (κ3) is 4.47. The normalized spacial score (nSPS) is 26.5. The van der Waals surface area contributed by atoms with Gasteiger partial charge in [0.15, 0.2) is 17.3 Å². The first-order valence-electron chi connectivity index (χ1n) is 9.42. The maximum Gasteiger partial charge on any atom is 0.264 e. The Morgan fingerprint density at radius 1 is 1.28 bits per heavy atom. The van der Waals surface area contributed by atoms with Gasteiger partial charge >= 0.3 is 0 Å². The van der Waals surface area contributed by atoms with Crippen LogP contribution in [0.5, 0.6) is 11.5 Å². The van der Waals surface area contributed by atoms with E-state index in [0.29, 0.717) is 49.5 Å². The maximum atomic E-state index is 11.8. The van der Waals surface area contributed by atoms with Gasteiger partial charge < -0.3 is 18.9 Å². The molecule has 10 nitrogen and oxygen atoms in total. The molecule has 1 aromatic carbocycles. The first-order chi connectivity index (χ1) is 13.7. The summed E-state index contributed by atoms with van der Waals surface area (Å²) in [4.78, 5) is 11.1. The average Bonchev–Trinajstić information content (AvgIpc) is 3.29. The fourth-order valence-electron chi connectivity index (χ4n) is 4.47. The first kappa shape index (κ1) is 20.3. The van der Waals surface area contributed by atoms with Crippen molar-refractivity contribution in [1.82, 2.24) is 0 Å². The van der Waals surface area contributed by atoms with Gasteiger partial charge in [-0.2, -0.15) is 8.42 Å². The summed E-state index contributed by atoms with van der Waals surface area (Å²) < 4.78 is 51.4. The van der Waals surface area contributed by atoms with Gasteiger partial charge in [-0.05, 0) is 24.1 Å². The van der Waals surface area contributed by atoms with E-state index in [-0.39, 0.29) is 13.3 Å². The number of ether oxygens (including phenoxy) is 4. The van der Waals surface area contributed by atoms with Crippen LogP contribution in [0, 0.1) is 16.0 Å². The van der Waals surface area contributed by atoms with Crippen molar-refractivity contribution in [3.05, 3.63) is 33.9 Å². The summed E-state index contributed by atoms with van der Waals surface area (Å²) >= 11 is 0. The van der Waals surface area contributed by atoms with E-state index in [1.54, 1.807) is 18.2 Å². The van der Waals surface area contributed by atoms with Crippen molar-refractivity contribution in [3.8, 4) is 11.5 Å². The Morgan fingerprint density at radius 2 is 2.00 bits per heavy atom. The molecular weight excluding hydrogens is 406 g/mol. The molecule has 3 aliphatic rings. The van der Waals surface area contributed by atoms with Gasteiger partial charge in [-0.1, -0.05) is 6.07 Å². The Labute approximate surface area is 168 Å². The average molecular weight is 429 g/mol. The molecule has 1 aliphatic carbocycles. The molecule has 3 atom stereocenters. The smallest absolute Gasteiger partial charge is 0.264 e. The molecular formula is C18H23NO9S. The monoisotopic (exact) mass is 429 g/mol. The lowest BCUT2D eigenvalue weighted by atomic mass is 9.72. The maximum absolute atomic E-state index is 11.8. The fraction of sp³-hybridized carbons (Fsp3) is 0.667. The second-order valence-electron chi connectivity index (χ2n) is 7.59. The van der Waals surface area contributed by atoms with E-state index in [9.17, 15) is 18.5 Å². The molecule has 0 radical (unpaired) electrons. The van der Waals surface area contributed by atoms with Crippen LogP contribution in [0.4, 0.5) is 0 Å². The van der Waals surface area contributed by atoms with Crippen LogP contribution < -0.4 is 9.47 Å². The van der Waals surface area contributed by atoms with Crippen LogP contribution in [-0.2, 0) is 23.8 Å². The number of nitro groups is 1. The van der Waals surface area contributed by atoms with Gasteiger partial charge in [-0.25, -0.2) is 0 Å². The molecule has 29 heavy (non-hydrogen) atoms. The number of nitrogens with zero attached hydrogens (tertiary/aromatic N) is 1. The highest BCUT2D eigenvalue weighted by atomic mass is 32.2. The molecule has 1 saturated carbocycles. The molecule has 4 rings (SSSR count). The van der Waals surface area contributed by atoms with Crippen LogP contribution >= 0.6 is 0 Å². The molecule has 1 aromatic rings. The van der Waals surface area contributed by atoms with Crippen molar-refractivity contribution >= 4 is 10.1 Å². The van der Waals surface area contributed by atoms with Gasteiger partial charge in [0.05, 0.1) is 31.5 Å². The highest BCUT2D eigenvalue weighted by Gasteiger charge is 2.50. The number of hydrogen-bond donors (Lipinski definition) is 0.